The van der Waals surface area contributed by atoms with Gasteiger partial charge in [-0.1, -0.05) is 12.2 Å². The van der Waals surface area contributed by atoms with Gasteiger partial charge in [-0.05, 0) is 18.4 Å². The van der Waals surface area contributed by atoms with Crippen LogP contribution in [0.25, 0.3) is 0 Å². The van der Waals surface area contributed by atoms with Gasteiger partial charge in [0, 0.05) is 45.9 Å². The molecule has 2 aliphatic heterocycles. The first-order valence-electron chi connectivity index (χ1n) is 9.37. The van der Waals surface area contributed by atoms with Crippen LogP contribution in [0.4, 0.5) is 0 Å². The molecule has 1 aromatic heterocycles. The number of nitrogens with zero attached hydrogens (tertiary/aromatic N) is 4. The summed E-state index contributed by atoms with van der Waals surface area (Å²) in [6.07, 6.45) is 9.78. The second-order valence-corrected chi connectivity index (χ2v) is 7.03. The van der Waals surface area contributed by atoms with Crippen LogP contribution in [0.15, 0.2) is 44.0 Å². The van der Waals surface area contributed by atoms with Gasteiger partial charge >= 0.3 is 0 Å². The van der Waals surface area contributed by atoms with Crippen LogP contribution >= 0.6 is 37.2 Å². The molecule has 3 heterocycles. The Hall–Kier alpha value is -1.42. The first-order valence-corrected chi connectivity index (χ1v) is 9.37. The van der Waals surface area contributed by atoms with E-state index in [1.165, 1.54) is 5.57 Å². The average Bonchev–Trinajstić information content (AvgIpc) is 3.23. The van der Waals surface area contributed by atoms with E-state index >= 15 is 0 Å². The second kappa shape index (κ2) is 13.1. The van der Waals surface area contributed by atoms with Crippen LogP contribution in [0, 0.1) is 6.92 Å². The molecule has 0 bridgehead atoms. The zero-order valence-corrected chi connectivity index (χ0v) is 19.4. The fourth-order valence-corrected chi connectivity index (χ4v) is 3.72. The number of nitrogens with two attached hydrogens (primary N) is 1. The van der Waals surface area contributed by atoms with Gasteiger partial charge in [0.15, 0.2) is 5.89 Å². The molecule has 0 saturated carbocycles. The summed E-state index contributed by atoms with van der Waals surface area (Å²) in [5.74, 6) is 2.32. The van der Waals surface area contributed by atoms with Gasteiger partial charge in [0.25, 0.3) is 0 Å². The van der Waals surface area contributed by atoms with Gasteiger partial charge in [-0.3, -0.25) is 0 Å². The SMILES string of the molecule is Cc1ncc(CC2=C3NC(=NC4CCN(CCN)CC4)N=C3CC=C2)o1.Cl.Cl.Cl.O. The van der Waals surface area contributed by atoms with Crippen LogP contribution in [0.5, 0.6) is 0 Å². The maximum atomic E-state index is 5.64. The smallest absolute Gasteiger partial charge is 0.223 e. The highest BCUT2D eigenvalue weighted by molar-refractivity contribution is 6.15. The summed E-state index contributed by atoms with van der Waals surface area (Å²) < 4.78 is 5.62. The predicted octanol–water partition coefficient (Wildman–Crippen LogP) is 2.00. The van der Waals surface area contributed by atoms with Crippen molar-refractivity contribution in [1.82, 2.24) is 15.2 Å². The summed E-state index contributed by atoms with van der Waals surface area (Å²) >= 11 is 0. The number of aliphatic imine (C=N–C) groups is 2. The minimum atomic E-state index is 0. The Morgan fingerprint density at radius 3 is 2.63 bits per heavy atom. The van der Waals surface area contributed by atoms with Gasteiger partial charge in [-0.15, -0.1) is 37.2 Å². The lowest BCUT2D eigenvalue weighted by atomic mass is 9.99. The van der Waals surface area contributed by atoms with E-state index in [9.17, 15) is 0 Å². The number of likely N-dealkylation sites (tertiary alicyclic amines) is 1. The fraction of sp³-hybridized carbons (Fsp3) is 0.526. The molecule has 1 saturated heterocycles. The third-order valence-electron chi connectivity index (χ3n) is 5.06. The number of allylic oxidation sites excluding steroid dienone is 4. The van der Waals surface area contributed by atoms with Crippen LogP contribution in [-0.4, -0.2) is 59.3 Å². The van der Waals surface area contributed by atoms with Gasteiger partial charge in [0.05, 0.1) is 23.6 Å². The lowest BCUT2D eigenvalue weighted by Crippen LogP contribution is -2.38. The standard InChI is InChI=1S/C19H26N6O.3ClH.H2O/c1-13-21-12-16(26-13)11-14-3-2-4-17-18(14)24-19(23-17)22-15-5-8-25(9-6-15)10-7-20;;;;/h2-3,12,15H,4-11,20H2,1H3,(H,22,24);3*1H;1H2. The van der Waals surface area contributed by atoms with Crippen LogP contribution in [-0.2, 0) is 6.42 Å². The van der Waals surface area contributed by atoms with Crippen molar-refractivity contribution >= 4 is 48.9 Å². The zero-order valence-electron chi connectivity index (χ0n) is 17.0. The Morgan fingerprint density at radius 2 is 2.00 bits per heavy atom. The molecule has 0 aromatic carbocycles. The average molecular weight is 482 g/mol. The van der Waals surface area contributed by atoms with Gasteiger partial charge in [-0.2, -0.15) is 0 Å². The highest BCUT2D eigenvalue weighted by Gasteiger charge is 2.25. The molecule has 0 spiro atoms. The van der Waals surface area contributed by atoms with Crippen molar-refractivity contribution in [3.8, 4) is 0 Å². The minimum absolute atomic E-state index is 0. The van der Waals surface area contributed by atoms with Crippen LogP contribution in [0.2, 0.25) is 0 Å². The van der Waals surface area contributed by atoms with Gasteiger partial charge < -0.3 is 25.8 Å². The number of aryl methyl sites for hydroxylation is 1. The van der Waals surface area contributed by atoms with E-state index in [4.69, 9.17) is 20.1 Å². The van der Waals surface area contributed by atoms with Crippen molar-refractivity contribution in [2.75, 3.05) is 26.2 Å². The van der Waals surface area contributed by atoms with E-state index in [-0.39, 0.29) is 42.7 Å². The number of aromatic nitrogens is 1. The van der Waals surface area contributed by atoms with Gasteiger partial charge in [-0.25, -0.2) is 15.0 Å². The fourth-order valence-electron chi connectivity index (χ4n) is 3.72. The summed E-state index contributed by atoms with van der Waals surface area (Å²) in [6.45, 7) is 5.70. The molecule has 0 unspecified atom stereocenters. The van der Waals surface area contributed by atoms with Crippen LogP contribution < -0.4 is 11.1 Å². The van der Waals surface area contributed by atoms with Gasteiger partial charge in [0.2, 0.25) is 5.96 Å². The topological polar surface area (TPSA) is 124 Å². The second-order valence-electron chi connectivity index (χ2n) is 7.03. The van der Waals surface area contributed by atoms with E-state index in [0.717, 1.165) is 68.6 Å². The van der Waals surface area contributed by atoms with Crippen molar-refractivity contribution in [3.05, 3.63) is 41.3 Å². The number of hydrogen-bond donors (Lipinski definition) is 2. The third kappa shape index (κ3) is 6.80. The number of guanidine groups is 1. The first kappa shape index (κ1) is 28.6. The van der Waals surface area contributed by atoms with Crippen molar-refractivity contribution in [2.45, 2.75) is 38.6 Å². The van der Waals surface area contributed by atoms with Crippen molar-refractivity contribution in [3.63, 3.8) is 0 Å². The molecule has 4 rings (SSSR count). The molecule has 1 aromatic rings. The molecule has 5 N–H and O–H groups in total. The third-order valence-corrected chi connectivity index (χ3v) is 5.06. The maximum Gasteiger partial charge on any atom is 0.223 e. The van der Waals surface area contributed by atoms with Crippen molar-refractivity contribution < 1.29 is 9.89 Å². The summed E-state index contributed by atoms with van der Waals surface area (Å²) in [4.78, 5) is 16.2. The van der Waals surface area contributed by atoms with Crippen LogP contribution in [0.3, 0.4) is 0 Å². The molecule has 170 valence electrons. The Bertz CT molecular complexity index is 798. The Balaban J connectivity index is 0.00000210. The molecule has 1 aliphatic carbocycles. The number of halogens is 3. The van der Waals surface area contributed by atoms with Gasteiger partial charge in [0.1, 0.15) is 5.76 Å². The molecular weight excluding hydrogens is 451 g/mol. The number of oxazole rings is 1. The summed E-state index contributed by atoms with van der Waals surface area (Å²) in [6, 6.07) is 0.338. The molecule has 0 amide bonds. The largest absolute Gasteiger partial charge is 0.446 e. The van der Waals surface area contributed by atoms with E-state index < -0.39 is 0 Å². The number of fused-ring (bicyclic) bond motifs is 1. The number of rotatable bonds is 5. The number of hydrogen-bond acceptors (Lipinski definition) is 5. The highest BCUT2D eigenvalue weighted by Crippen LogP contribution is 2.23. The van der Waals surface area contributed by atoms with E-state index in [1.54, 1.807) is 6.20 Å². The van der Waals surface area contributed by atoms with E-state index in [1.807, 2.05) is 6.92 Å². The van der Waals surface area contributed by atoms with Crippen molar-refractivity contribution in [2.24, 2.45) is 15.7 Å². The van der Waals surface area contributed by atoms with E-state index in [0.29, 0.717) is 18.4 Å². The summed E-state index contributed by atoms with van der Waals surface area (Å²) in [5.41, 5.74) is 8.97. The zero-order chi connectivity index (χ0) is 17.9. The molecule has 1 fully saturated rings. The monoisotopic (exact) mass is 480 g/mol. The molecule has 8 nitrogen and oxygen atoms in total. The first-order chi connectivity index (χ1) is 12.7. The number of nitrogens with one attached hydrogen (secondary N) is 1. The maximum absolute atomic E-state index is 5.64. The lowest BCUT2D eigenvalue weighted by molar-refractivity contribution is 0.219. The summed E-state index contributed by atoms with van der Waals surface area (Å²) in [5, 5.41) is 3.43. The Kier molecular flexibility index (Phi) is 12.5. The Labute approximate surface area is 195 Å². The quantitative estimate of drug-likeness (QED) is 0.665. The summed E-state index contributed by atoms with van der Waals surface area (Å²) in [7, 11) is 0. The molecule has 11 heteroatoms. The predicted molar refractivity (Wildman–Crippen MR) is 128 cm³/mol. The molecule has 0 radical (unpaired) electrons. The van der Waals surface area contributed by atoms with E-state index in [2.05, 4.69) is 27.4 Å². The highest BCUT2D eigenvalue weighted by atomic mass is 35.5. The number of piperidine rings is 1. The normalized spacial score (nSPS) is 19.7. The molecule has 0 atom stereocenters. The lowest BCUT2D eigenvalue weighted by Gasteiger charge is -2.29. The van der Waals surface area contributed by atoms with Crippen molar-refractivity contribution in [1.29, 1.82) is 0 Å². The molecule has 3 aliphatic rings. The molecular formula is C19H31Cl3N6O2. The van der Waals surface area contributed by atoms with Crippen LogP contribution in [0.1, 0.15) is 30.9 Å². The minimum Gasteiger partial charge on any atom is -0.446 e. The molecule has 30 heavy (non-hydrogen) atoms. The Morgan fingerprint density at radius 1 is 1.27 bits per heavy atom.